The van der Waals surface area contributed by atoms with E-state index < -0.39 is 0 Å². The molecule has 2 atom stereocenters. The van der Waals surface area contributed by atoms with E-state index in [1.807, 2.05) is 24.3 Å². The molecule has 1 aromatic rings. The highest BCUT2D eigenvalue weighted by Gasteiger charge is 2.18. The fourth-order valence-electron chi connectivity index (χ4n) is 2.15. The molecule has 0 fully saturated rings. The average Bonchev–Trinajstić information content (AvgIpc) is 2.39. The number of unbranched alkanes of at least 4 members (excludes halogenated alkanes) is 1. The van der Waals surface area contributed by atoms with Crippen molar-refractivity contribution in [1.82, 2.24) is 0 Å². The van der Waals surface area contributed by atoms with Crippen molar-refractivity contribution in [2.24, 2.45) is 5.92 Å². The van der Waals surface area contributed by atoms with Gasteiger partial charge in [0.15, 0.2) is 0 Å². The van der Waals surface area contributed by atoms with Gasteiger partial charge in [0.1, 0.15) is 5.75 Å². The highest BCUT2D eigenvalue weighted by molar-refractivity contribution is 5.30. The standard InChI is InChI=1S/C15H24O2/c1-4-6-8-12(5-2)15(16)13-9-7-10-14(11-13)17-3/h7,9-12,15-16H,4-6,8H2,1-3H3. The second kappa shape index (κ2) is 7.33. The maximum absolute atomic E-state index is 10.4. The Morgan fingerprint density at radius 1 is 1.29 bits per heavy atom. The van der Waals surface area contributed by atoms with E-state index >= 15 is 0 Å². The number of rotatable bonds is 7. The summed E-state index contributed by atoms with van der Waals surface area (Å²) in [4.78, 5) is 0. The zero-order chi connectivity index (χ0) is 12.7. The summed E-state index contributed by atoms with van der Waals surface area (Å²) in [5.41, 5.74) is 0.965. The summed E-state index contributed by atoms with van der Waals surface area (Å²) in [6, 6.07) is 7.74. The van der Waals surface area contributed by atoms with Gasteiger partial charge in [-0.05, 0) is 30.0 Å². The van der Waals surface area contributed by atoms with Crippen LogP contribution in [0.3, 0.4) is 0 Å². The molecule has 0 saturated carbocycles. The molecule has 1 N–H and O–H groups in total. The first-order valence-corrected chi connectivity index (χ1v) is 6.54. The van der Waals surface area contributed by atoms with E-state index in [-0.39, 0.29) is 6.10 Å². The van der Waals surface area contributed by atoms with Crippen LogP contribution in [-0.2, 0) is 0 Å². The average molecular weight is 236 g/mol. The molecule has 0 aliphatic rings. The molecular formula is C15H24O2. The molecule has 0 radical (unpaired) electrons. The fourth-order valence-corrected chi connectivity index (χ4v) is 2.15. The lowest BCUT2D eigenvalue weighted by Crippen LogP contribution is -2.12. The summed E-state index contributed by atoms with van der Waals surface area (Å²) in [5, 5.41) is 10.4. The Kier molecular flexibility index (Phi) is 6.06. The SMILES string of the molecule is CCCCC(CC)C(O)c1cccc(OC)c1. The van der Waals surface area contributed by atoms with Crippen molar-refractivity contribution in [3.8, 4) is 5.75 Å². The maximum atomic E-state index is 10.4. The summed E-state index contributed by atoms with van der Waals surface area (Å²) >= 11 is 0. The van der Waals surface area contributed by atoms with Gasteiger partial charge in [-0.25, -0.2) is 0 Å². The van der Waals surface area contributed by atoms with Gasteiger partial charge in [-0.15, -0.1) is 0 Å². The minimum Gasteiger partial charge on any atom is -0.497 e. The van der Waals surface area contributed by atoms with Gasteiger partial charge in [0, 0.05) is 0 Å². The summed E-state index contributed by atoms with van der Waals surface area (Å²) in [6.07, 6.45) is 4.09. The van der Waals surface area contributed by atoms with Crippen molar-refractivity contribution >= 4 is 0 Å². The zero-order valence-electron chi connectivity index (χ0n) is 11.1. The largest absolute Gasteiger partial charge is 0.497 e. The van der Waals surface area contributed by atoms with Crippen LogP contribution in [0.15, 0.2) is 24.3 Å². The number of hydrogen-bond donors (Lipinski definition) is 1. The summed E-state index contributed by atoms with van der Waals surface area (Å²) < 4.78 is 5.19. The van der Waals surface area contributed by atoms with Crippen molar-refractivity contribution in [2.45, 2.75) is 45.6 Å². The second-order valence-electron chi connectivity index (χ2n) is 4.53. The Morgan fingerprint density at radius 2 is 2.06 bits per heavy atom. The normalized spacial score (nSPS) is 14.4. The Morgan fingerprint density at radius 3 is 2.65 bits per heavy atom. The molecule has 0 heterocycles. The first-order valence-electron chi connectivity index (χ1n) is 6.54. The van der Waals surface area contributed by atoms with Gasteiger partial charge < -0.3 is 9.84 Å². The van der Waals surface area contributed by atoms with Gasteiger partial charge >= 0.3 is 0 Å². The van der Waals surface area contributed by atoms with Gasteiger partial charge in [0.05, 0.1) is 13.2 Å². The first-order chi connectivity index (χ1) is 8.22. The predicted molar refractivity (Wildman–Crippen MR) is 71.3 cm³/mol. The molecule has 2 nitrogen and oxygen atoms in total. The van der Waals surface area contributed by atoms with Crippen molar-refractivity contribution in [3.05, 3.63) is 29.8 Å². The van der Waals surface area contributed by atoms with Crippen LogP contribution in [0.4, 0.5) is 0 Å². The molecule has 2 heteroatoms. The monoisotopic (exact) mass is 236 g/mol. The molecule has 0 aliphatic carbocycles. The van der Waals surface area contributed by atoms with E-state index in [0.717, 1.165) is 24.2 Å². The Labute approximate surface area is 105 Å². The molecule has 0 saturated heterocycles. The fraction of sp³-hybridized carbons (Fsp3) is 0.600. The second-order valence-corrected chi connectivity index (χ2v) is 4.53. The molecule has 1 rings (SSSR count). The maximum Gasteiger partial charge on any atom is 0.119 e. The van der Waals surface area contributed by atoms with Gasteiger partial charge in [-0.1, -0.05) is 45.2 Å². The molecule has 0 aromatic heterocycles. The van der Waals surface area contributed by atoms with E-state index in [1.165, 1.54) is 12.8 Å². The third kappa shape index (κ3) is 4.04. The first kappa shape index (κ1) is 14.0. The number of aliphatic hydroxyl groups excluding tert-OH is 1. The van der Waals surface area contributed by atoms with E-state index in [4.69, 9.17) is 4.74 Å². The van der Waals surface area contributed by atoms with Crippen LogP contribution in [0.25, 0.3) is 0 Å². The third-order valence-corrected chi connectivity index (χ3v) is 3.33. The number of hydrogen-bond acceptors (Lipinski definition) is 2. The van der Waals surface area contributed by atoms with E-state index in [2.05, 4.69) is 13.8 Å². The Bertz CT molecular complexity index is 322. The predicted octanol–water partition coefficient (Wildman–Crippen LogP) is 3.95. The van der Waals surface area contributed by atoms with Crippen LogP contribution in [-0.4, -0.2) is 12.2 Å². The molecule has 17 heavy (non-hydrogen) atoms. The highest BCUT2D eigenvalue weighted by atomic mass is 16.5. The van der Waals surface area contributed by atoms with Crippen LogP contribution < -0.4 is 4.74 Å². The topological polar surface area (TPSA) is 29.5 Å². The van der Waals surface area contributed by atoms with Crippen LogP contribution in [0.5, 0.6) is 5.75 Å². The Hall–Kier alpha value is -1.02. The number of aliphatic hydroxyl groups is 1. The van der Waals surface area contributed by atoms with Crippen LogP contribution >= 0.6 is 0 Å². The molecule has 0 amide bonds. The summed E-state index contributed by atoms with van der Waals surface area (Å²) in [7, 11) is 1.65. The summed E-state index contributed by atoms with van der Waals surface area (Å²) in [5.74, 6) is 1.16. The minimum atomic E-state index is -0.373. The lowest BCUT2D eigenvalue weighted by Gasteiger charge is -2.22. The smallest absolute Gasteiger partial charge is 0.119 e. The highest BCUT2D eigenvalue weighted by Crippen LogP contribution is 2.30. The minimum absolute atomic E-state index is 0.349. The van der Waals surface area contributed by atoms with Crippen LogP contribution in [0.2, 0.25) is 0 Å². The van der Waals surface area contributed by atoms with Gasteiger partial charge in [0.25, 0.3) is 0 Å². The quantitative estimate of drug-likeness (QED) is 0.777. The molecule has 1 aromatic carbocycles. The molecule has 0 bridgehead atoms. The number of benzene rings is 1. The van der Waals surface area contributed by atoms with Crippen molar-refractivity contribution in [3.63, 3.8) is 0 Å². The molecule has 2 unspecified atom stereocenters. The zero-order valence-corrected chi connectivity index (χ0v) is 11.1. The molecule has 0 spiro atoms. The van der Waals surface area contributed by atoms with Gasteiger partial charge in [-0.2, -0.15) is 0 Å². The van der Waals surface area contributed by atoms with E-state index in [9.17, 15) is 5.11 Å². The lowest BCUT2D eigenvalue weighted by atomic mass is 9.89. The van der Waals surface area contributed by atoms with Crippen molar-refractivity contribution < 1.29 is 9.84 Å². The molecular weight excluding hydrogens is 212 g/mol. The van der Waals surface area contributed by atoms with Crippen LogP contribution in [0, 0.1) is 5.92 Å². The lowest BCUT2D eigenvalue weighted by molar-refractivity contribution is 0.0987. The van der Waals surface area contributed by atoms with E-state index in [1.54, 1.807) is 7.11 Å². The Balaban J connectivity index is 2.74. The van der Waals surface area contributed by atoms with E-state index in [0.29, 0.717) is 5.92 Å². The van der Waals surface area contributed by atoms with Crippen molar-refractivity contribution in [1.29, 1.82) is 0 Å². The molecule has 96 valence electrons. The van der Waals surface area contributed by atoms with Crippen molar-refractivity contribution in [2.75, 3.05) is 7.11 Å². The number of methoxy groups -OCH3 is 1. The third-order valence-electron chi connectivity index (χ3n) is 3.33. The molecule has 0 aliphatic heterocycles. The number of ether oxygens (including phenoxy) is 1. The summed E-state index contributed by atoms with van der Waals surface area (Å²) in [6.45, 7) is 4.33. The van der Waals surface area contributed by atoms with Gasteiger partial charge in [0.2, 0.25) is 0 Å². The van der Waals surface area contributed by atoms with Gasteiger partial charge in [-0.3, -0.25) is 0 Å². The van der Waals surface area contributed by atoms with Crippen LogP contribution in [0.1, 0.15) is 51.2 Å².